The number of aryl methyl sites for hydroxylation is 1. The number of hydrogen-bond donors (Lipinski definition) is 1. The molecule has 2 rings (SSSR count). The Balaban J connectivity index is 2.25. The van der Waals surface area contributed by atoms with Crippen LogP contribution < -0.4 is 5.32 Å². The van der Waals surface area contributed by atoms with E-state index in [4.69, 9.17) is 11.6 Å². The number of nitrogens with one attached hydrogen (secondary N) is 1. The van der Waals surface area contributed by atoms with Crippen LogP contribution in [0, 0.1) is 16.3 Å². The van der Waals surface area contributed by atoms with Crippen molar-refractivity contribution in [2.24, 2.45) is 0 Å². The van der Waals surface area contributed by atoms with Crippen LogP contribution in [0.1, 0.15) is 15.9 Å². The Morgan fingerprint density at radius 1 is 1.26 bits per heavy atom. The lowest BCUT2D eigenvalue weighted by atomic mass is 10.1. The number of hydrogen-bond acceptors (Lipinski definition) is 1. The van der Waals surface area contributed by atoms with E-state index in [-0.39, 0.29) is 11.5 Å². The molecule has 0 heterocycles. The lowest BCUT2D eigenvalue weighted by molar-refractivity contribution is 0.102. The molecule has 0 bridgehead atoms. The minimum Gasteiger partial charge on any atom is -0.321 e. The van der Waals surface area contributed by atoms with Crippen LogP contribution in [0.2, 0.25) is 5.02 Å². The van der Waals surface area contributed by atoms with Crippen LogP contribution in [0.4, 0.5) is 10.1 Å². The van der Waals surface area contributed by atoms with Crippen molar-refractivity contribution < 1.29 is 9.18 Å². The van der Waals surface area contributed by atoms with E-state index in [1.165, 1.54) is 12.1 Å². The minimum atomic E-state index is -0.432. The van der Waals surface area contributed by atoms with E-state index in [2.05, 4.69) is 27.9 Å². The van der Waals surface area contributed by atoms with Gasteiger partial charge in [0.05, 0.1) is 10.7 Å². The van der Waals surface area contributed by atoms with Crippen LogP contribution in [-0.4, -0.2) is 5.91 Å². The molecule has 0 fully saturated rings. The maximum atomic E-state index is 13.3. The van der Waals surface area contributed by atoms with E-state index >= 15 is 0 Å². The zero-order valence-corrected chi connectivity index (χ0v) is 12.9. The normalized spacial score (nSPS) is 10.3. The molecule has 0 saturated carbocycles. The molecule has 19 heavy (non-hydrogen) atoms. The van der Waals surface area contributed by atoms with Gasteiger partial charge in [0, 0.05) is 9.13 Å². The van der Waals surface area contributed by atoms with E-state index < -0.39 is 5.82 Å². The maximum absolute atomic E-state index is 13.3. The molecule has 0 aliphatic rings. The number of rotatable bonds is 2. The summed E-state index contributed by atoms with van der Waals surface area (Å²) in [5.74, 6) is -0.815. The van der Waals surface area contributed by atoms with Crippen molar-refractivity contribution in [3.63, 3.8) is 0 Å². The van der Waals surface area contributed by atoms with Crippen LogP contribution in [0.5, 0.6) is 0 Å². The average Bonchev–Trinajstić information content (AvgIpc) is 2.31. The van der Waals surface area contributed by atoms with Gasteiger partial charge >= 0.3 is 0 Å². The largest absolute Gasteiger partial charge is 0.321 e. The van der Waals surface area contributed by atoms with Crippen LogP contribution in [0.15, 0.2) is 36.4 Å². The smallest absolute Gasteiger partial charge is 0.255 e. The Labute approximate surface area is 129 Å². The van der Waals surface area contributed by atoms with Crippen molar-refractivity contribution in [3.8, 4) is 0 Å². The van der Waals surface area contributed by atoms with Gasteiger partial charge in [-0.25, -0.2) is 4.39 Å². The summed E-state index contributed by atoms with van der Waals surface area (Å²) in [6, 6.07) is 9.48. The Kier molecular flexibility index (Phi) is 4.42. The SMILES string of the molecule is Cc1cc(F)cc(C(=O)Nc2ccc(I)cc2Cl)c1. The summed E-state index contributed by atoms with van der Waals surface area (Å²) in [7, 11) is 0. The van der Waals surface area contributed by atoms with Crippen molar-refractivity contribution in [2.45, 2.75) is 6.92 Å². The monoisotopic (exact) mass is 389 g/mol. The topological polar surface area (TPSA) is 29.1 Å². The molecule has 1 N–H and O–H groups in total. The summed E-state index contributed by atoms with van der Waals surface area (Å²) in [6.45, 7) is 1.73. The number of carbonyl (C=O) groups excluding carboxylic acids is 1. The highest BCUT2D eigenvalue weighted by Crippen LogP contribution is 2.24. The Bertz CT molecular complexity index is 625. The van der Waals surface area contributed by atoms with Gasteiger partial charge in [-0.1, -0.05) is 11.6 Å². The highest BCUT2D eigenvalue weighted by Gasteiger charge is 2.10. The summed E-state index contributed by atoms with van der Waals surface area (Å²) < 4.78 is 14.2. The van der Waals surface area contributed by atoms with E-state index in [9.17, 15) is 9.18 Å². The van der Waals surface area contributed by atoms with Crippen LogP contribution in [-0.2, 0) is 0 Å². The highest BCUT2D eigenvalue weighted by atomic mass is 127. The van der Waals surface area contributed by atoms with Crippen molar-refractivity contribution in [2.75, 3.05) is 5.32 Å². The van der Waals surface area contributed by atoms with Gasteiger partial charge in [0.1, 0.15) is 5.82 Å². The highest BCUT2D eigenvalue weighted by molar-refractivity contribution is 14.1. The molecule has 0 atom stereocenters. The number of halogens is 3. The molecular formula is C14H10ClFINO. The molecule has 1 amide bonds. The van der Waals surface area contributed by atoms with E-state index in [0.29, 0.717) is 16.3 Å². The van der Waals surface area contributed by atoms with Gasteiger partial charge in [-0.05, 0) is 71.5 Å². The standard InChI is InChI=1S/C14H10ClFINO/c1-8-4-9(6-10(16)5-8)14(19)18-13-3-2-11(17)7-12(13)15/h2-7H,1H3,(H,18,19). The second-order valence-electron chi connectivity index (χ2n) is 4.10. The molecular weight excluding hydrogens is 380 g/mol. The minimum absolute atomic E-state index is 0.270. The van der Waals surface area contributed by atoms with E-state index in [1.807, 2.05) is 6.07 Å². The lowest BCUT2D eigenvalue weighted by Gasteiger charge is -2.08. The van der Waals surface area contributed by atoms with Crippen LogP contribution >= 0.6 is 34.2 Å². The first-order valence-electron chi connectivity index (χ1n) is 5.49. The van der Waals surface area contributed by atoms with E-state index in [1.54, 1.807) is 25.1 Å². The number of anilines is 1. The zero-order chi connectivity index (χ0) is 14.0. The van der Waals surface area contributed by atoms with Gasteiger partial charge in [-0.15, -0.1) is 0 Å². The molecule has 0 aliphatic heterocycles. The van der Waals surface area contributed by atoms with Gasteiger partial charge in [0.15, 0.2) is 0 Å². The Hall–Kier alpha value is -1.14. The second kappa shape index (κ2) is 5.88. The summed E-state index contributed by atoms with van der Waals surface area (Å²) in [6.07, 6.45) is 0. The molecule has 2 aromatic rings. The second-order valence-corrected chi connectivity index (χ2v) is 5.75. The van der Waals surface area contributed by atoms with Crippen molar-refractivity contribution in [1.82, 2.24) is 0 Å². The average molecular weight is 390 g/mol. The molecule has 98 valence electrons. The van der Waals surface area contributed by atoms with Crippen LogP contribution in [0.25, 0.3) is 0 Å². The fraction of sp³-hybridized carbons (Fsp3) is 0.0714. The molecule has 2 aromatic carbocycles. The molecule has 0 unspecified atom stereocenters. The summed E-state index contributed by atoms with van der Waals surface area (Å²) in [4.78, 5) is 12.0. The first-order chi connectivity index (χ1) is 8.95. The van der Waals surface area contributed by atoms with Crippen LogP contribution in [0.3, 0.4) is 0 Å². The number of benzene rings is 2. The lowest BCUT2D eigenvalue weighted by Crippen LogP contribution is -2.12. The van der Waals surface area contributed by atoms with Crippen molar-refractivity contribution in [1.29, 1.82) is 0 Å². The zero-order valence-electron chi connectivity index (χ0n) is 10.0. The maximum Gasteiger partial charge on any atom is 0.255 e. The molecule has 0 aliphatic carbocycles. The number of amides is 1. The Morgan fingerprint density at radius 3 is 2.63 bits per heavy atom. The molecule has 0 aromatic heterocycles. The molecule has 0 saturated heterocycles. The van der Waals surface area contributed by atoms with Crippen molar-refractivity contribution >= 4 is 45.8 Å². The fourth-order valence-electron chi connectivity index (χ4n) is 1.65. The van der Waals surface area contributed by atoms with Gasteiger partial charge < -0.3 is 5.32 Å². The molecule has 0 radical (unpaired) electrons. The third-order valence-corrected chi connectivity index (χ3v) is 3.47. The van der Waals surface area contributed by atoms with E-state index in [0.717, 1.165) is 3.57 Å². The Morgan fingerprint density at radius 2 is 2.00 bits per heavy atom. The summed E-state index contributed by atoms with van der Waals surface area (Å²) >= 11 is 8.16. The molecule has 0 spiro atoms. The fourth-order valence-corrected chi connectivity index (χ4v) is 2.56. The first kappa shape index (κ1) is 14.3. The molecule has 5 heteroatoms. The third kappa shape index (κ3) is 3.67. The third-order valence-electron chi connectivity index (χ3n) is 2.48. The van der Waals surface area contributed by atoms with Gasteiger partial charge in [-0.2, -0.15) is 0 Å². The predicted octanol–water partition coefficient (Wildman–Crippen LogP) is 4.64. The number of carbonyl (C=O) groups is 1. The quantitative estimate of drug-likeness (QED) is 0.745. The molecule has 2 nitrogen and oxygen atoms in total. The van der Waals surface area contributed by atoms with Gasteiger partial charge in [-0.3, -0.25) is 4.79 Å². The van der Waals surface area contributed by atoms with Gasteiger partial charge in [0.2, 0.25) is 0 Å². The summed E-state index contributed by atoms with van der Waals surface area (Å²) in [5.41, 5.74) is 1.47. The summed E-state index contributed by atoms with van der Waals surface area (Å²) in [5, 5.41) is 3.12. The van der Waals surface area contributed by atoms with Crippen molar-refractivity contribution in [3.05, 3.63) is 61.9 Å². The first-order valence-corrected chi connectivity index (χ1v) is 6.95. The predicted molar refractivity (Wildman–Crippen MR) is 83.3 cm³/mol. The van der Waals surface area contributed by atoms with Gasteiger partial charge in [0.25, 0.3) is 5.91 Å².